The molecule has 0 aromatic heterocycles. The van der Waals surface area contributed by atoms with Crippen LogP contribution in [0.2, 0.25) is 0 Å². The van der Waals surface area contributed by atoms with Crippen LogP contribution in [0.4, 0.5) is 0 Å². The molecule has 0 aromatic rings. The Hall–Kier alpha value is -0.0800. The Morgan fingerprint density at radius 1 is 1.13 bits per heavy atom. The largest absolute Gasteiger partial charge is 0.316 e. The predicted molar refractivity (Wildman–Crippen MR) is 69.3 cm³/mol. The van der Waals surface area contributed by atoms with Crippen molar-refractivity contribution in [2.75, 3.05) is 26.7 Å². The summed E-state index contributed by atoms with van der Waals surface area (Å²) in [4.78, 5) is 2.41. The van der Waals surface area contributed by atoms with Crippen LogP contribution in [0.25, 0.3) is 0 Å². The summed E-state index contributed by atoms with van der Waals surface area (Å²) in [6, 6.07) is 0.674. The fourth-order valence-electron chi connectivity index (χ4n) is 1.33. The summed E-state index contributed by atoms with van der Waals surface area (Å²) in [5.74, 6) is 0. The molecule has 0 bridgehead atoms. The minimum absolute atomic E-state index is 0.411. The van der Waals surface area contributed by atoms with Gasteiger partial charge in [0.25, 0.3) is 0 Å². The van der Waals surface area contributed by atoms with Gasteiger partial charge in [-0.2, -0.15) is 0 Å². The van der Waals surface area contributed by atoms with Gasteiger partial charge < -0.3 is 10.2 Å². The number of rotatable bonds is 7. The molecule has 0 rings (SSSR count). The van der Waals surface area contributed by atoms with Crippen molar-refractivity contribution < 1.29 is 0 Å². The van der Waals surface area contributed by atoms with Crippen molar-refractivity contribution in [2.24, 2.45) is 5.41 Å². The van der Waals surface area contributed by atoms with Crippen LogP contribution in [0.5, 0.6) is 0 Å². The van der Waals surface area contributed by atoms with E-state index in [1.165, 1.54) is 19.4 Å². The molecule has 0 amide bonds. The maximum absolute atomic E-state index is 3.51. The van der Waals surface area contributed by atoms with E-state index in [-0.39, 0.29) is 0 Å². The summed E-state index contributed by atoms with van der Waals surface area (Å²) in [5, 5.41) is 3.51. The number of hydrogen-bond acceptors (Lipinski definition) is 2. The Morgan fingerprint density at radius 2 is 1.73 bits per heavy atom. The van der Waals surface area contributed by atoms with Gasteiger partial charge in [0.2, 0.25) is 0 Å². The summed E-state index contributed by atoms with van der Waals surface area (Å²) in [6.45, 7) is 14.8. The molecule has 0 saturated carbocycles. The van der Waals surface area contributed by atoms with Crippen LogP contribution in [0.3, 0.4) is 0 Å². The van der Waals surface area contributed by atoms with Crippen LogP contribution >= 0.6 is 0 Å². The normalized spacial score (nSPS) is 12.8. The van der Waals surface area contributed by atoms with Crippen LogP contribution in [-0.4, -0.2) is 37.6 Å². The quantitative estimate of drug-likeness (QED) is 0.656. The zero-order chi connectivity index (χ0) is 11.9. The third-order valence-corrected chi connectivity index (χ3v) is 2.65. The standard InChI is InChI=1S/C13H30N2/c1-12(2)15(6)10-8-7-9-14-11-13(3,4)5/h12,14H,7-11H2,1-6H3. The van der Waals surface area contributed by atoms with E-state index in [4.69, 9.17) is 0 Å². The lowest BCUT2D eigenvalue weighted by molar-refractivity contribution is 0.267. The van der Waals surface area contributed by atoms with Crippen molar-refractivity contribution in [2.45, 2.75) is 53.5 Å². The third kappa shape index (κ3) is 10.2. The van der Waals surface area contributed by atoms with E-state index in [9.17, 15) is 0 Å². The van der Waals surface area contributed by atoms with Gasteiger partial charge >= 0.3 is 0 Å². The van der Waals surface area contributed by atoms with Crippen LogP contribution < -0.4 is 5.32 Å². The highest BCUT2D eigenvalue weighted by molar-refractivity contribution is 4.65. The minimum Gasteiger partial charge on any atom is -0.316 e. The second kappa shape index (κ2) is 7.24. The molecule has 0 fully saturated rings. The highest BCUT2D eigenvalue weighted by Crippen LogP contribution is 2.10. The summed E-state index contributed by atoms with van der Waals surface area (Å²) in [5.41, 5.74) is 0.411. The van der Waals surface area contributed by atoms with Gasteiger partial charge in [-0.1, -0.05) is 20.8 Å². The van der Waals surface area contributed by atoms with Crippen molar-refractivity contribution >= 4 is 0 Å². The van der Waals surface area contributed by atoms with E-state index in [0.29, 0.717) is 11.5 Å². The predicted octanol–water partition coefficient (Wildman–Crippen LogP) is 2.74. The van der Waals surface area contributed by atoms with E-state index in [0.717, 1.165) is 13.1 Å². The molecule has 0 aliphatic carbocycles. The molecule has 0 saturated heterocycles. The fourth-order valence-corrected chi connectivity index (χ4v) is 1.33. The molecule has 92 valence electrons. The minimum atomic E-state index is 0.411. The van der Waals surface area contributed by atoms with Gasteiger partial charge in [-0.25, -0.2) is 0 Å². The molecular weight excluding hydrogens is 184 g/mol. The third-order valence-electron chi connectivity index (χ3n) is 2.65. The number of unbranched alkanes of at least 4 members (excludes halogenated alkanes) is 1. The van der Waals surface area contributed by atoms with Gasteiger partial charge in [-0.05, 0) is 58.8 Å². The van der Waals surface area contributed by atoms with Gasteiger partial charge in [0.05, 0.1) is 0 Å². The van der Waals surface area contributed by atoms with Gasteiger partial charge in [0, 0.05) is 6.04 Å². The lowest BCUT2D eigenvalue weighted by Crippen LogP contribution is -2.29. The summed E-state index contributed by atoms with van der Waals surface area (Å²) >= 11 is 0. The maximum Gasteiger partial charge on any atom is 0.00355 e. The van der Waals surface area contributed by atoms with Crippen molar-refractivity contribution in [1.29, 1.82) is 0 Å². The van der Waals surface area contributed by atoms with Gasteiger partial charge in [0.1, 0.15) is 0 Å². The van der Waals surface area contributed by atoms with E-state index in [1.54, 1.807) is 0 Å². The molecule has 0 unspecified atom stereocenters. The van der Waals surface area contributed by atoms with Gasteiger partial charge in [-0.3, -0.25) is 0 Å². The molecule has 0 heterocycles. The molecule has 0 aliphatic heterocycles. The lowest BCUT2D eigenvalue weighted by atomic mass is 9.97. The molecule has 2 heteroatoms. The summed E-state index contributed by atoms with van der Waals surface area (Å²) < 4.78 is 0. The van der Waals surface area contributed by atoms with Crippen LogP contribution in [0.1, 0.15) is 47.5 Å². The van der Waals surface area contributed by atoms with Crippen molar-refractivity contribution in [3.05, 3.63) is 0 Å². The molecule has 1 N–H and O–H groups in total. The molecule has 0 aromatic carbocycles. The van der Waals surface area contributed by atoms with E-state index < -0.39 is 0 Å². The molecule has 0 atom stereocenters. The molecular formula is C13H30N2. The summed E-state index contributed by atoms with van der Waals surface area (Å²) in [6.07, 6.45) is 2.58. The average molecular weight is 214 g/mol. The smallest absolute Gasteiger partial charge is 0.00355 e. The molecule has 2 nitrogen and oxygen atoms in total. The second-order valence-electron chi connectivity index (χ2n) is 6.02. The molecule has 0 spiro atoms. The van der Waals surface area contributed by atoms with Crippen LogP contribution in [0.15, 0.2) is 0 Å². The Morgan fingerprint density at radius 3 is 2.20 bits per heavy atom. The first kappa shape index (κ1) is 14.9. The molecule has 15 heavy (non-hydrogen) atoms. The lowest BCUT2D eigenvalue weighted by Gasteiger charge is -2.21. The average Bonchev–Trinajstić information content (AvgIpc) is 2.08. The monoisotopic (exact) mass is 214 g/mol. The van der Waals surface area contributed by atoms with Crippen molar-refractivity contribution in [3.63, 3.8) is 0 Å². The van der Waals surface area contributed by atoms with E-state index in [2.05, 4.69) is 51.9 Å². The molecule has 0 aliphatic rings. The number of nitrogens with zero attached hydrogens (tertiary/aromatic N) is 1. The zero-order valence-electron chi connectivity index (χ0n) is 11.6. The SMILES string of the molecule is CC(C)N(C)CCCCNCC(C)(C)C. The number of nitrogens with one attached hydrogen (secondary N) is 1. The maximum atomic E-state index is 3.51. The summed E-state index contributed by atoms with van der Waals surface area (Å²) in [7, 11) is 2.20. The zero-order valence-corrected chi connectivity index (χ0v) is 11.6. The Bertz CT molecular complexity index is 147. The van der Waals surface area contributed by atoms with E-state index in [1.807, 2.05) is 0 Å². The first-order valence-electron chi connectivity index (χ1n) is 6.24. The Kier molecular flexibility index (Phi) is 7.20. The van der Waals surface area contributed by atoms with Crippen molar-refractivity contribution in [1.82, 2.24) is 10.2 Å². The van der Waals surface area contributed by atoms with E-state index >= 15 is 0 Å². The van der Waals surface area contributed by atoms with Gasteiger partial charge in [0.15, 0.2) is 0 Å². The van der Waals surface area contributed by atoms with Crippen molar-refractivity contribution in [3.8, 4) is 0 Å². The topological polar surface area (TPSA) is 15.3 Å². The number of hydrogen-bond donors (Lipinski definition) is 1. The second-order valence-corrected chi connectivity index (χ2v) is 6.02. The highest BCUT2D eigenvalue weighted by atomic mass is 15.1. The first-order chi connectivity index (χ1) is 6.83. The Balaban J connectivity index is 3.26. The highest BCUT2D eigenvalue weighted by Gasteiger charge is 2.08. The first-order valence-corrected chi connectivity index (χ1v) is 6.24. The van der Waals surface area contributed by atoms with Crippen LogP contribution in [0, 0.1) is 5.41 Å². The van der Waals surface area contributed by atoms with Gasteiger partial charge in [-0.15, -0.1) is 0 Å². The Labute approximate surface area is 96.4 Å². The molecule has 0 radical (unpaired) electrons. The fraction of sp³-hybridized carbons (Fsp3) is 1.00. The van der Waals surface area contributed by atoms with Crippen LogP contribution in [-0.2, 0) is 0 Å².